The van der Waals surface area contributed by atoms with Gasteiger partial charge in [0.2, 0.25) is 0 Å². The van der Waals surface area contributed by atoms with Crippen LogP contribution >= 0.6 is 0 Å². The van der Waals surface area contributed by atoms with E-state index in [1.54, 1.807) is 0 Å². The molecule has 2 saturated carbocycles. The molecular weight excluding hydrogens is 324 g/mol. The van der Waals surface area contributed by atoms with Crippen molar-refractivity contribution < 1.29 is 4.74 Å². The van der Waals surface area contributed by atoms with E-state index in [1.165, 1.54) is 42.5 Å². The van der Waals surface area contributed by atoms with Crippen molar-refractivity contribution in [3.8, 4) is 0 Å². The fourth-order valence-electron chi connectivity index (χ4n) is 4.09. The molecule has 5 nitrogen and oxygen atoms in total. The van der Waals surface area contributed by atoms with Crippen LogP contribution in [0.3, 0.4) is 0 Å². The first-order valence-corrected chi connectivity index (χ1v) is 10.1. The Morgan fingerprint density at radius 1 is 1.08 bits per heavy atom. The zero-order valence-corrected chi connectivity index (χ0v) is 15.4. The number of rotatable bonds is 8. The second-order valence-corrected chi connectivity index (χ2v) is 8.39. The second kappa shape index (κ2) is 7.12. The van der Waals surface area contributed by atoms with Crippen molar-refractivity contribution in [3.63, 3.8) is 0 Å². The summed E-state index contributed by atoms with van der Waals surface area (Å²) in [6, 6.07) is 4.19. The zero-order chi connectivity index (χ0) is 17.3. The third-order valence-corrected chi connectivity index (χ3v) is 5.85. The largest absolute Gasteiger partial charge is 0.380 e. The summed E-state index contributed by atoms with van der Waals surface area (Å²) >= 11 is 0. The molecule has 2 aromatic rings. The maximum absolute atomic E-state index is 6.12. The van der Waals surface area contributed by atoms with E-state index in [4.69, 9.17) is 9.84 Å². The van der Waals surface area contributed by atoms with Gasteiger partial charge in [0.25, 0.3) is 0 Å². The van der Waals surface area contributed by atoms with Crippen LogP contribution in [0.4, 0.5) is 0 Å². The molecule has 0 N–H and O–H groups in total. The van der Waals surface area contributed by atoms with Gasteiger partial charge in [0.1, 0.15) is 0 Å². The molecule has 0 bridgehead atoms. The fourth-order valence-corrected chi connectivity index (χ4v) is 4.09. The maximum atomic E-state index is 6.12. The van der Waals surface area contributed by atoms with E-state index in [2.05, 4.69) is 26.8 Å². The molecule has 0 aromatic carbocycles. The number of aromatic nitrogens is 3. The van der Waals surface area contributed by atoms with Crippen LogP contribution < -0.4 is 0 Å². The van der Waals surface area contributed by atoms with Crippen LogP contribution in [0.15, 0.2) is 30.7 Å². The quantitative estimate of drug-likeness (QED) is 0.732. The highest BCUT2D eigenvalue weighted by Gasteiger charge is 2.32. The third-order valence-electron chi connectivity index (χ3n) is 5.85. The minimum absolute atomic E-state index is 0.426. The second-order valence-electron chi connectivity index (χ2n) is 8.39. The Morgan fingerprint density at radius 3 is 2.73 bits per heavy atom. The Balaban J connectivity index is 1.32. The van der Waals surface area contributed by atoms with Gasteiger partial charge in [0.15, 0.2) is 0 Å². The van der Waals surface area contributed by atoms with Crippen LogP contribution in [-0.4, -0.2) is 39.4 Å². The van der Waals surface area contributed by atoms with Gasteiger partial charge < -0.3 is 4.74 Å². The molecule has 1 atom stereocenters. The highest BCUT2D eigenvalue weighted by atomic mass is 16.5. The van der Waals surface area contributed by atoms with Gasteiger partial charge in [-0.3, -0.25) is 14.6 Å². The lowest BCUT2D eigenvalue weighted by molar-refractivity contribution is 0.0864. The van der Waals surface area contributed by atoms with Crippen molar-refractivity contribution in [1.82, 2.24) is 19.7 Å². The topological polar surface area (TPSA) is 43.2 Å². The summed E-state index contributed by atoms with van der Waals surface area (Å²) in [5.41, 5.74) is 4.11. The predicted molar refractivity (Wildman–Crippen MR) is 99.6 cm³/mol. The Labute approximate surface area is 155 Å². The van der Waals surface area contributed by atoms with E-state index in [9.17, 15) is 0 Å². The van der Waals surface area contributed by atoms with Crippen molar-refractivity contribution in [2.45, 2.75) is 51.2 Å². The predicted octanol–water partition coefficient (Wildman–Crippen LogP) is 3.21. The van der Waals surface area contributed by atoms with Crippen molar-refractivity contribution in [3.05, 3.63) is 47.5 Å². The van der Waals surface area contributed by atoms with E-state index < -0.39 is 0 Å². The van der Waals surface area contributed by atoms with Crippen LogP contribution in [0.5, 0.6) is 0 Å². The zero-order valence-electron chi connectivity index (χ0n) is 15.4. The van der Waals surface area contributed by atoms with Gasteiger partial charge in [0.05, 0.1) is 12.8 Å². The molecular formula is C21H28N4O. The normalized spacial score (nSPS) is 23.2. The van der Waals surface area contributed by atoms with Gasteiger partial charge >= 0.3 is 0 Å². The molecule has 0 radical (unpaired) electrons. The Bertz CT molecular complexity index is 736. The van der Waals surface area contributed by atoms with Gasteiger partial charge in [0, 0.05) is 62.4 Å². The minimum Gasteiger partial charge on any atom is -0.380 e. The molecule has 0 spiro atoms. The van der Waals surface area contributed by atoms with Crippen LogP contribution in [-0.2, 0) is 24.4 Å². The fraction of sp³-hybridized carbons (Fsp3) is 0.619. The molecule has 2 aromatic heterocycles. The van der Waals surface area contributed by atoms with E-state index >= 15 is 0 Å². The SMILES string of the molecule is c1cncc(CN2Cc3cnn(CC4CC4)c3[C@@H](COCC3CC3)C2)c1. The maximum Gasteiger partial charge on any atom is 0.0562 e. The van der Waals surface area contributed by atoms with Gasteiger partial charge in [-0.05, 0) is 49.1 Å². The first-order chi connectivity index (χ1) is 12.8. The molecule has 3 heterocycles. The summed E-state index contributed by atoms with van der Waals surface area (Å²) in [5, 5.41) is 4.75. The van der Waals surface area contributed by atoms with Crippen LogP contribution in [0.1, 0.15) is 48.4 Å². The number of pyridine rings is 1. The molecule has 0 unspecified atom stereocenters. The highest BCUT2D eigenvalue weighted by molar-refractivity contribution is 5.26. The van der Waals surface area contributed by atoms with E-state index in [1.807, 2.05) is 18.5 Å². The molecule has 0 amide bonds. The average molecular weight is 352 g/mol. The number of fused-ring (bicyclic) bond motifs is 1. The third kappa shape index (κ3) is 3.84. The Morgan fingerprint density at radius 2 is 1.96 bits per heavy atom. The standard InChI is InChI=1S/C21H28N4O/c1-2-18(8-22-7-1)10-24-12-19-9-23-25(11-16-3-4-16)21(19)20(13-24)15-26-14-17-5-6-17/h1-2,7-9,16-17,20H,3-6,10-15H2/t20-/m1/s1. The Hall–Kier alpha value is -1.72. The van der Waals surface area contributed by atoms with Crippen LogP contribution in [0, 0.1) is 11.8 Å². The summed E-state index contributed by atoms with van der Waals surface area (Å²) in [6.45, 7) is 5.82. The summed E-state index contributed by atoms with van der Waals surface area (Å²) in [7, 11) is 0. The molecule has 26 heavy (non-hydrogen) atoms. The molecule has 5 heteroatoms. The summed E-state index contributed by atoms with van der Waals surface area (Å²) < 4.78 is 8.41. The number of nitrogens with zero attached hydrogens (tertiary/aromatic N) is 4. The van der Waals surface area contributed by atoms with Crippen molar-refractivity contribution in [1.29, 1.82) is 0 Å². The molecule has 1 aliphatic heterocycles. The van der Waals surface area contributed by atoms with Gasteiger partial charge in [-0.15, -0.1) is 0 Å². The monoisotopic (exact) mass is 352 g/mol. The molecule has 0 saturated heterocycles. The van der Waals surface area contributed by atoms with Gasteiger partial charge in [-0.25, -0.2) is 0 Å². The van der Waals surface area contributed by atoms with Crippen molar-refractivity contribution in [2.75, 3.05) is 19.8 Å². The lowest BCUT2D eigenvalue weighted by Crippen LogP contribution is -2.36. The van der Waals surface area contributed by atoms with Crippen LogP contribution in [0.2, 0.25) is 0 Å². The summed E-state index contributed by atoms with van der Waals surface area (Å²) in [6.07, 6.45) is 11.3. The lowest BCUT2D eigenvalue weighted by Gasteiger charge is -2.33. The highest BCUT2D eigenvalue weighted by Crippen LogP contribution is 2.35. The van der Waals surface area contributed by atoms with Gasteiger partial charge in [-0.1, -0.05) is 6.07 Å². The van der Waals surface area contributed by atoms with Crippen molar-refractivity contribution in [2.24, 2.45) is 11.8 Å². The first-order valence-electron chi connectivity index (χ1n) is 10.1. The average Bonchev–Trinajstić information content (AvgIpc) is 3.57. The van der Waals surface area contributed by atoms with Gasteiger partial charge in [-0.2, -0.15) is 5.10 Å². The van der Waals surface area contributed by atoms with E-state index in [0.29, 0.717) is 5.92 Å². The van der Waals surface area contributed by atoms with E-state index in [0.717, 1.165) is 51.2 Å². The molecule has 5 rings (SSSR count). The molecule has 3 aliphatic rings. The molecule has 2 fully saturated rings. The molecule has 138 valence electrons. The smallest absolute Gasteiger partial charge is 0.0562 e. The summed E-state index contributed by atoms with van der Waals surface area (Å²) in [5.74, 6) is 2.09. The van der Waals surface area contributed by atoms with Crippen LogP contribution in [0.25, 0.3) is 0 Å². The lowest BCUT2D eigenvalue weighted by atomic mass is 9.96. The Kier molecular flexibility index (Phi) is 4.51. The number of ether oxygens (including phenoxy) is 1. The number of hydrogen-bond acceptors (Lipinski definition) is 4. The number of hydrogen-bond donors (Lipinski definition) is 0. The van der Waals surface area contributed by atoms with E-state index in [-0.39, 0.29) is 0 Å². The summed E-state index contributed by atoms with van der Waals surface area (Å²) in [4.78, 5) is 6.79. The first kappa shape index (κ1) is 16.5. The molecule has 2 aliphatic carbocycles. The van der Waals surface area contributed by atoms with Crippen molar-refractivity contribution >= 4 is 0 Å². The minimum atomic E-state index is 0.426.